The van der Waals surface area contributed by atoms with Crippen molar-refractivity contribution in [3.63, 3.8) is 0 Å². The zero-order valence-corrected chi connectivity index (χ0v) is 11.1. The summed E-state index contributed by atoms with van der Waals surface area (Å²) in [5.41, 5.74) is -0.211. The molecule has 2 atom stereocenters. The maximum absolute atomic E-state index is 12.8. The van der Waals surface area contributed by atoms with Crippen molar-refractivity contribution in [3.05, 3.63) is 23.4 Å². The standard InChI is InChI=1S/C13H16F3N3O/c1-8-11-6-17-2-3-19(11)12-9(7-20-8)4-10(5-18-12)13(14,15)16/h4-5,8,11,17H,2-3,6-7H2,1H3/t8?,11-/m1/s1. The van der Waals surface area contributed by atoms with Gasteiger partial charge in [-0.3, -0.25) is 0 Å². The summed E-state index contributed by atoms with van der Waals surface area (Å²) in [5, 5.41) is 3.28. The summed E-state index contributed by atoms with van der Waals surface area (Å²) in [6.45, 7) is 4.39. The monoisotopic (exact) mass is 287 g/mol. The predicted octanol–water partition coefficient (Wildman–Crippen LogP) is 1.80. The van der Waals surface area contributed by atoms with Gasteiger partial charge in [0.15, 0.2) is 0 Å². The number of aromatic nitrogens is 1. The van der Waals surface area contributed by atoms with Crippen molar-refractivity contribution in [3.8, 4) is 0 Å². The summed E-state index contributed by atoms with van der Waals surface area (Å²) in [6.07, 6.45) is -3.51. The van der Waals surface area contributed by atoms with Crippen molar-refractivity contribution in [1.82, 2.24) is 10.3 Å². The molecule has 7 heteroatoms. The number of halogens is 3. The van der Waals surface area contributed by atoms with E-state index in [0.717, 1.165) is 31.9 Å². The van der Waals surface area contributed by atoms with Gasteiger partial charge in [0.05, 0.1) is 24.3 Å². The summed E-state index contributed by atoms with van der Waals surface area (Å²) >= 11 is 0. The third kappa shape index (κ3) is 2.35. The maximum atomic E-state index is 12.8. The third-order valence-electron chi connectivity index (χ3n) is 3.87. The van der Waals surface area contributed by atoms with E-state index in [4.69, 9.17) is 4.74 Å². The third-order valence-corrected chi connectivity index (χ3v) is 3.87. The summed E-state index contributed by atoms with van der Waals surface area (Å²) < 4.78 is 44.0. The summed E-state index contributed by atoms with van der Waals surface area (Å²) in [5.74, 6) is 0.619. The van der Waals surface area contributed by atoms with Gasteiger partial charge in [-0.1, -0.05) is 0 Å². The average molecular weight is 287 g/mol. The van der Waals surface area contributed by atoms with E-state index in [9.17, 15) is 13.2 Å². The first-order valence-electron chi connectivity index (χ1n) is 6.62. The SMILES string of the molecule is CC1OCc2cc(C(F)(F)F)cnc2N2CCNC[C@H]12. The Bertz CT molecular complexity index is 506. The molecule has 0 bridgehead atoms. The predicted molar refractivity (Wildman–Crippen MR) is 67.5 cm³/mol. The van der Waals surface area contributed by atoms with Gasteiger partial charge in [-0.2, -0.15) is 13.2 Å². The van der Waals surface area contributed by atoms with Crippen molar-refractivity contribution in [2.45, 2.75) is 31.9 Å². The Morgan fingerprint density at radius 2 is 2.25 bits per heavy atom. The van der Waals surface area contributed by atoms with Crippen molar-refractivity contribution in [1.29, 1.82) is 0 Å². The van der Waals surface area contributed by atoms with Crippen molar-refractivity contribution >= 4 is 5.82 Å². The van der Waals surface area contributed by atoms with Crippen LogP contribution >= 0.6 is 0 Å². The summed E-state index contributed by atoms with van der Waals surface area (Å²) in [4.78, 5) is 6.12. The first-order chi connectivity index (χ1) is 9.47. The molecule has 3 rings (SSSR count). The van der Waals surface area contributed by atoms with Crippen molar-refractivity contribution in [2.75, 3.05) is 24.5 Å². The highest BCUT2D eigenvalue weighted by Crippen LogP contribution is 2.34. The van der Waals surface area contributed by atoms with Gasteiger partial charge in [0.25, 0.3) is 0 Å². The van der Waals surface area contributed by atoms with Crippen LogP contribution in [-0.4, -0.2) is 36.8 Å². The number of ether oxygens (including phenoxy) is 1. The highest BCUT2D eigenvalue weighted by Gasteiger charge is 2.36. The minimum Gasteiger partial charge on any atom is -0.371 e. The van der Waals surface area contributed by atoms with Crippen LogP contribution in [0.5, 0.6) is 0 Å². The Balaban J connectivity index is 2.01. The van der Waals surface area contributed by atoms with Crippen LogP contribution in [0.3, 0.4) is 0 Å². The lowest BCUT2D eigenvalue weighted by Crippen LogP contribution is -2.56. The second-order valence-electron chi connectivity index (χ2n) is 5.19. The van der Waals surface area contributed by atoms with Gasteiger partial charge in [-0.15, -0.1) is 0 Å². The number of nitrogens with one attached hydrogen (secondary N) is 1. The Morgan fingerprint density at radius 3 is 3.00 bits per heavy atom. The number of pyridine rings is 1. The molecule has 2 aliphatic rings. The molecule has 0 spiro atoms. The zero-order valence-electron chi connectivity index (χ0n) is 11.1. The largest absolute Gasteiger partial charge is 0.417 e. The highest BCUT2D eigenvalue weighted by atomic mass is 19.4. The van der Waals surface area contributed by atoms with E-state index < -0.39 is 11.7 Å². The van der Waals surface area contributed by atoms with Gasteiger partial charge in [0.1, 0.15) is 5.82 Å². The molecule has 1 aromatic heterocycles. The van der Waals surface area contributed by atoms with Gasteiger partial charge >= 0.3 is 6.18 Å². The molecule has 0 aliphatic carbocycles. The molecule has 1 unspecified atom stereocenters. The van der Waals surface area contributed by atoms with E-state index in [0.29, 0.717) is 11.4 Å². The first-order valence-corrected chi connectivity index (χ1v) is 6.62. The average Bonchev–Trinajstić information content (AvgIpc) is 2.56. The molecule has 1 aromatic rings. The Labute approximate surface area is 114 Å². The molecule has 0 amide bonds. The van der Waals surface area contributed by atoms with Gasteiger partial charge in [0.2, 0.25) is 0 Å². The van der Waals surface area contributed by atoms with Crippen LogP contribution in [0, 0.1) is 0 Å². The fourth-order valence-corrected chi connectivity index (χ4v) is 2.76. The molecule has 1 saturated heterocycles. The molecule has 4 nitrogen and oxygen atoms in total. The van der Waals surface area contributed by atoms with Crippen LogP contribution in [0.1, 0.15) is 18.1 Å². The van der Waals surface area contributed by atoms with Crippen LogP contribution < -0.4 is 10.2 Å². The highest BCUT2D eigenvalue weighted by molar-refractivity contribution is 5.51. The number of piperazine rings is 1. The number of alkyl halides is 3. The number of fused-ring (bicyclic) bond motifs is 3. The lowest BCUT2D eigenvalue weighted by molar-refractivity contribution is -0.137. The van der Waals surface area contributed by atoms with E-state index in [2.05, 4.69) is 15.2 Å². The van der Waals surface area contributed by atoms with Crippen LogP contribution in [0.4, 0.5) is 19.0 Å². The summed E-state index contributed by atoms with van der Waals surface area (Å²) in [7, 11) is 0. The number of anilines is 1. The quantitative estimate of drug-likeness (QED) is 0.789. The first kappa shape index (κ1) is 13.6. The Morgan fingerprint density at radius 1 is 1.45 bits per heavy atom. The van der Waals surface area contributed by atoms with E-state index >= 15 is 0 Å². The fourth-order valence-electron chi connectivity index (χ4n) is 2.76. The van der Waals surface area contributed by atoms with Gasteiger partial charge in [0, 0.05) is 31.4 Å². The minimum atomic E-state index is -4.37. The van der Waals surface area contributed by atoms with E-state index in [1.807, 2.05) is 6.92 Å². The molecule has 20 heavy (non-hydrogen) atoms. The van der Waals surface area contributed by atoms with Crippen LogP contribution in [0.2, 0.25) is 0 Å². The molecule has 110 valence electrons. The number of hydrogen-bond acceptors (Lipinski definition) is 4. The Hall–Kier alpha value is -1.34. The van der Waals surface area contributed by atoms with Crippen molar-refractivity contribution in [2.24, 2.45) is 0 Å². The topological polar surface area (TPSA) is 37.4 Å². The molecule has 3 heterocycles. The van der Waals surface area contributed by atoms with Gasteiger partial charge in [-0.05, 0) is 13.0 Å². The van der Waals surface area contributed by atoms with Gasteiger partial charge in [-0.25, -0.2) is 4.98 Å². The second kappa shape index (κ2) is 4.89. The smallest absolute Gasteiger partial charge is 0.371 e. The van der Waals surface area contributed by atoms with E-state index in [1.165, 1.54) is 0 Å². The minimum absolute atomic E-state index is 0.0497. The molecular weight excluding hydrogens is 271 g/mol. The van der Waals surface area contributed by atoms with Crippen LogP contribution in [0.25, 0.3) is 0 Å². The van der Waals surface area contributed by atoms with E-state index in [-0.39, 0.29) is 18.8 Å². The van der Waals surface area contributed by atoms with Gasteiger partial charge < -0.3 is 15.0 Å². The molecule has 0 aromatic carbocycles. The molecule has 1 N–H and O–H groups in total. The second-order valence-corrected chi connectivity index (χ2v) is 5.19. The Kier molecular flexibility index (Phi) is 3.33. The fraction of sp³-hybridized carbons (Fsp3) is 0.615. The lowest BCUT2D eigenvalue weighted by atomic mass is 10.1. The molecule has 0 saturated carbocycles. The molecule has 0 radical (unpaired) electrons. The molecule has 1 fully saturated rings. The lowest BCUT2D eigenvalue weighted by Gasteiger charge is -2.38. The number of rotatable bonds is 0. The molecular formula is C13H16F3N3O. The maximum Gasteiger partial charge on any atom is 0.417 e. The molecule has 2 aliphatic heterocycles. The van der Waals surface area contributed by atoms with Crippen LogP contribution in [-0.2, 0) is 17.5 Å². The van der Waals surface area contributed by atoms with Crippen molar-refractivity contribution < 1.29 is 17.9 Å². The normalized spacial score (nSPS) is 26.7. The zero-order chi connectivity index (χ0) is 14.3. The van der Waals surface area contributed by atoms with Crippen LogP contribution in [0.15, 0.2) is 12.3 Å². The summed E-state index contributed by atoms with van der Waals surface area (Å²) in [6, 6.07) is 1.26. The number of nitrogens with zero attached hydrogens (tertiary/aromatic N) is 2. The van der Waals surface area contributed by atoms with E-state index in [1.54, 1.807) is 0 Å². The number of hydrogen-bond donors (Lipinski definition) is 1.